The summed E-state index contributed by atoms with van der Waals surface area (Å²) in [6.45, 7) is 1.05. The van der Waals surface area contributed by atoms with E-state index in [-0.39, 0.29) is 28.5 Å². The van der Waals surface area contributed by atoms with Crippen LogP contribution in [-0.2, 0) is 11.8 Å². The Hall–Kier alpha value is -1.04. The van der Waals surface area contributed by atoms with Crippen molar-refractivity contribution in [1.29, 1.82) is 0 Å². The van der Waals surface area contributed by atoms with Crippen LogP contribution in [0.2, 0.25) is 0 Å². The molecule has 5 atom stereocenters. The minimum Gasteiger partial charge on any atom is -0.493 e. The van der Waals surface area contributed by atoms with Gasteiger partial charge in [-0.3, -0.25) is 0 Å². The molecule has 0 amide bonds. The van der Waals surface area contributed by atoms with Crippen LogP contribution < -0.4 is 9.47 Å². The number of likely N-dealkylation sites (N-methyl/N-ethyl adjacent to an activating group) is 1. The molecule has 5 heteroatoms. The van der Waals surface area contributed by atoms with Crippen molar-refractivity contribution in [2.45, 2.75) is 36.5 Å². The van der Waals surface area contributed by atoms with Gasteiger partial charge in [-0.2, -0.15) is 0 Å². The Morgan fingerprint density at radius 2 is 2.17 bits per heavy atom. The van der Waals surface area contributed by atoms with Gasteiger partial charge in [-0.05, 0) is 38.1 Å². The molecule has 23 heavy (non-hydrogen) atoms. The molecule has 124 valence electrons. The zero-order chi connectivity index (χ0) is 15.1. The van der Waals surface area contributed by atoms with Gasteiger partial charge in [0.05, 0.1) is 7.11 Å². The molecule has 1 fully saturated rings. The van der Waals surface area contributed by atoms with Crippen molar-refractivity contribution in [1.82, 2.24) is 4.90 Å². The lowest BCUT2D eigenvalue weighted by molar-refractivity contribution is -0.0453. The van der Waals surface area contributed by atoms with Gasteiger partial charge in [-0.25, -0.2) is 0 Å². The molecule has 1 aromatic rings. The van der Waals surface area contributed by atoms with Gasteiger partial charge in [0.25, 0.3) is 0 Å². The number of benzene rings is 1. The zero-order valence-electron chi connectivity index (χ0n) is 13.4. The molecule has 5 rings (SSSR count). The van der Waals surface area contributed by atoms with E-state index >= 15 is 0 Å². The number of halogens is 1. The van der Waals surface area contributed by atoms with E-state index in [9.17, 15) is 5.11 Å². The summed E-state index contributed by atoms with van der Waals surface area (Å²) in [5, 5.41) is 10.6. The van der Waals surface area contributed by atoms with Gasteiger partial charge in [0, 0.05) is 22.9 Å². The minimum absolute atomic E-state index is 0. The number of aliphatic hydroxyl groups is 1. The topological polar surface area (TPSA) is 41.9 Å². The van der Waals surface area contributed by atoms with E-state index in [1.54, 1.807) is 7.11 Å². The number of ether oxygens (including phenoxy) is 2. The maximum absolute atomic E-state index is 10.6. The lowest BCUT2D eigenvalue weighted by atomic mass is 9.53. The second-order valence-corrected chi connectivity index (χ2v) is 7.11. The molecule has 2 aliphatic heterocycles. The van der Waals surface area contributed by atoms with Crippen LogP contribution in [0.3, 0.4) is 0 Å². The molecule has 2 heterocycles. The van der Waals surface area contributed by atoms with Crippen LogP contribution in [-0.4, -0.2) is 49.0 Å². The quantitative estimate of drug-likeness (QED) is 0.758. The highest BCUT2D eigenvalue weighted by atomic mass is 79.9. The standard InChI is InChI=1S/C18H21NO3.BrH/c1-19-8-7-18-11-4-5-13(20)17(18)22-16-14(21-2)6-3-10(15(16)18)9-12(11)19;/h3-6,11-13,17,20H,7-9H2,1-2H3;1H/t11-,12+,13-,17-,18-;/m0./s1. The number of likely N-dealkylation sites (tertiary alicyclic amines) is 1. The number of piperidine rings is 1. The highest BCUT2D eigenvalue weighted by Gasteiger charge is 2.64. The molecular formula is C18H22BrNO3. The van der Waals surface area contributed by atoms with Crippen molar-refractivity contribution >= 4 is 17.0 Å². The van der Waals surface area contributed by atoms with Crippen LogP contribution in [0, 0.1) is 5.92 Å². The second kappa shape index (κ2) is 4.98. The predicted octanol–water partition coefficient (Wildman–Crippen LogP) is 2.08. The molecule has 1 saturated heterocycles. The molecule has 4 aliphatic rings. The summed E-state index contributed by atoms with van der Waals surface area (Å²) >= 11 is 0. The van der Waals surface area contributed by atoms with E-state index in [4.69, 9.17) is 9.47 Å². The van der Waals surface area contributed by atoms with Crippen LogP contribution in [0.5, 0.6) is 11.5 Å². The summed E-state index contributed by atoms with van der Waals surface area (Å²) in [7, 11) is 3.91. The van der Waals surface area contributed by atoms with E-state index in [0.717, 1.165) is 30.9 Å². The van der Waals surface area contributed by atoms with Gasteiger partial charge < -0.3 is 19.5 Å². The first kappa shape index (κ1) is 15.5. The highest BCUT2D eigenvalue weighted by Crippen LogP contribution is 2.62. The summed E-state index contributed by atoms with van der Waals surface area (Å²) in [6.07, 6.45) is 5.54. The van der Waals surface area contributed by atoms with E-state index in [2.05, 4.69) is 24.1 Å². The predicted molar refractivity (Wildman–Crippen MR) is 92.8 cm³/mol. The zero-order valence-corrected chi connectivity index (χ0v) is 15.1. The van der Waals surface area contributed by atoms with Crippen LogP contribution in [0.1, 0.15) is 17.5 Å². The fourth-order valence-electron chi connectivity index (χ4n) is 5.39. The van der Waals surface area contributed by atoms with Gasteiger partial charge in [0.1, 0.15) is 12.2 Å². The van der Waals surface area contributed by atoms with Gasteiger partial charge in [-0.15, -0.1) is 17.0 Å². The van der Waals surface area contributed by atoms with Crippen LogP contribution in [0.4, 0.5) is 0 Å². The smallest absolute Gasteiger partial charge is 0.165 e. The number of hydrogen-bond donors (Lipinski definition) is 1. The fourth-order valence-corrected chi connectivity index (χ4v) is 5.39. The number of aliphatic hydroxyl groups excluding tert-OH is 1. The maximum atomic E-state index is 10.6. The average molecular weight is 380 g/mol. The third kappa shape index (κ3) is 1.68. The summed E-state index contributed by atoms with van der Waals surface area (Å²) in [4.78, 5) is 2.47. The molecule has 2 bridgehead atoms. The monoisotopic (exact) mass is 379 g/mol. The molecule has 0 unspecified atom stereocenters. The Morgan fingerprint density at radius 3 is 2.96 bits per heavy atom. The minimum atomic E-state index is -0.539. The van der Waals surface area contributed by atoms with Crippen molar-refractivity contribution in [2.75, 3.05) is 20.7 Å². The molecule has 0 saturated carbocycles. The first-order valence-electron chi connectivity index (χ1n) is 8.10. The van der Waals surface area contributed by atoms with Gasteiger partial charge >= 0.3 is 0 Å². The van der Waals surface area contributed by atoms with Crippen molar-refractivity contribution in [3.05, 3.63) is 35.4 Å². The molecule has 0 aromatic heterocycles. The first-order valence-corrected chi connectivity index (χ1v) is 8.10. The summed E-state index contributed by atoms with van der Waals surface area (Å²) < 4.78 is 11.8. The van der Waals surface area contributed by atoms with E-state index in [1.807, 2.05) is 12.1 Å². The van der Waals surface area contributed by atoms with E-state index in [0.29, 0.717) is 12.0 Å². The van der Waals surface area contributed by atoms with Gasteiger partial charge in [0.2, 0.25) is 0 Å². The third-order valence-corrected chi connectivity index (χ3v) is 6.35. The van der Waals surface area contributed by atoms with Crippen LogP contribution in [0.25, 0.3) is 0 Å². The Kier molecular flexibility index (Phi) is 3.35. The lowest BCUT2D eigenvalue weighted by Crippen LogP contribution is -2.64. The summed E-state index contributed by atoms with van der Waals surface area (Å²) in [5.41, 5.74) is 2.60. The molecular weight excluding hydrogens is 358 g/mol. The van der Waals surface area contributed by atoms with Crippen molar-refractivity contribution < 1.29 is 14.6 Å². The number of methoxy groups -OCH3 is 1. The normalized spacial score (nSPS) is 39.3. The molecule has 0 radical (unpaired) electrons. The fraction of sp³-hybridized carbons (Fsp3) is 0.556. The number of nitrogens with zero attached hydrogens (tertiary/aromatic N) is 1. The Labute approximate surface area is 146 Å². The maximum Gasteiger partial charge on any atom is 0.165 e. The lowest BCUT2D eigenvalue weighted by Gasteiger charge is -2.56. The van der Waals surface area contributed by atoms with Crippen molar-refractivity contribution in [3.8, 4) is 11.5 Å². The summed E-state index contributed by atoms with van der Waals surface area (Å²) in [6, 6.07) is 4.70. The highest BCUT2D eigenvalue weighted by molar-refractivity contribution is 8.93. The summed E-state index contributed by atoms with van der Waals surface area (Å²) in [5.74, 6) is 2.09. The molecule has 1 spiro atoms. The number of hydrogen-bond acceptors (Lipinski definition) is 4. The van der Waals surface area contributed by atoms with Crippen molar-refractivity contribution in [2.24, 2.45) is 5.92 Å². The van der Waals surface area contributed by atoms with Crippen LogP contribution >= 0.6 is 17.0 Å². The van der Waals surface area contributed by atoms with E-state index in [1.165, 1.54) is 11.1 Å². The molecule has 1 N–H and O–H groups in total. The van der Waals surface area contributed by atoms with Crippen molar-refractivity contribution in [3.63, 3.8) is 0 Å². The SMILES string of the molecule is Br.COc1ccc2c3c1O[C@H]1[C@@H](O)C=C[C@H]4[C@@H](C2)N(C)CC[C@@]341. The Balaban J connectivity index is 0.00000135. The van der Waals surface area contributed by atoms with Gasteiger partial charge in [0.15, 0.2) is 11.5 Å². The van der Waals surface area contributed by atoms with E-state index < -0.39 is 6.10 Å². The largest absolute Gasteiger partial charge is 0.493 e. The van der Waals surface area contributed by atoms with Gasteiger partial charge in [-0.1, -0.05) is 18.2 Å². The molecule has 2 aliphatic carbocycles. The third-order valence-electron chi connectivity index (χ3n) is 6.35. The Morgan fingerprint density at radius 1 is 1.35 bits per heavy atom. The average Bonchev–Trinajstić information content (AvgIpc) is 2.88. The molecule has 1 aromatic carbocycles. The second-order valence-electron chi connectivity index (χ2n) is 7.11. The molecule has 4 nitrogen and oxygen atoms in total. The first-order chi connectivity index (χ1) is 10.7. The Bertz CT molecular complexity index is 691. The van der Waals surface area contributed by atoms with Crippen LogP contribution in [0.15, 0.2) is 24.3 Å². The number of rotatable bonds is 1.